The first-order valence-corrected chi connectivity index (χ1v) is 3.50. The average Bonchev–Trinajstić information content (AvgIpc) is 2.00. The zero-order chi connectivity index (χ0) is 10.4. The Labute approximate surface area is 75.0 Å². The van der Waals surface area contributed by atoms with Crippen molar-refractivity contribution >= 4 is 17.8 Å². The Hall–Kier alpha value is -1.59. The van der Waals surface area contributed by atoms with Crippen molar-refractivity contribution in [1.82, 2.24) is 0 Å². The third-order valence-corrected chi connectivity index (χ3v) is 1.20. The van der Waals surface area contributed by atoms with E-state index in [0.29, 0.717) is 0 Å². The SMILES string of the molecule is COC(=O)C(CC(C)=O)OC(N)=O. The van der Waals surface area contributed by atoms with Gasteiger partial charge in [-0.3, -0.25) is 4.79 Å². The molecule has 0 spiro atoms. The number of methoxy groups -OCH3 is 1. The zero-order valence-electron chi connectivity index (χ0n) is 7.40. The van der Waals surface area contributed by atoms with Crippen LogP contribution in [0.5, 0.6) is 0 Å². The van der Waals surface area contributed by atoms with E-state index < -0.39 is 18.2 Å². The molecule has 1 amide bonds. The molecule has 0 aliphatic carbocycles. The lowest BCUT2D eigenvalue weighted by Crippen LogP contribution is -2.32. The smallest absolute Gasteiger partial charge is 0.405 e. The Morgan fingerprint density at radius 3 is 2.23 bits per heavy atom. The Bertz CT molecular complexity index is 209. The van der Waals surface area contributed by atoms with Gasteiger partial charge in [-0.1, -0.05) is 0 Å². The van der Waals surface area contributed by atoms with E-state index in [1.165, 1.54) is 6.92 Å². The molecule has 0 aliphatic heterocycles. The maximum atomic E-state index is 10.9. The highest BCUT2D eigenvalue weighted by Crippen LogP contribution is 2.01. The number of primary amides is 1. The van der Waals surface area contributed by atoms with Gasteiger partial charge in [0.25, 0.3) is 0 Å². The summed E-state index contributed by atoms with van der Waals surface area (Å²) in [5, 5.41) is 0. The molecular weight excluding hydrogens is 178 g/mol. The van der Waals surface area contributed by atoms with Gasteiger partial charge < -0.3 is 15.2 Å². The van der Waals surface area contributed by atoms with Gasteiger partial charge in [0.2, 0.25) is 6.10 Å². The first-order valence-electron chi connectivity index (χ1n) is 3.50. The topological polar surface area (TPSA) is 95.7 Å². The van der Waals surface area contributed by atoms with Crippen molar-refractivity contribution in [3.8, 4) is 0 Å². The predicted octanol–water partition coefficient (Wildman–Crippen LogP) is -0.398. The molecule has 0 aromatic heterocycles. The van der Waals surface area contributed by atoms with Crippen molar-refractivity contribution in [2.24, 2.45) is 5.73 Å². The molecule has 0 radical (unpaired) electrons. The lowest BCUT2D eigenvalue weighted by Gasteiger charge is -2.11. The van der Waals surface area contributed by atoms with E-state index >= 15 is 0 Å². The molecule has 0 aromatic carbocycles. The second-order valence-corrected chi connectivity index (χ2v) is 2.35. The number of carbonyl (C=O) groups excluding carboxylic acids is 3. The lowest BCUT2D eigenvalue weighted by molar-refractivity contribution is -0.152. The summed E-state index contributed by atoms with van der Waals surface area (Å²) in [6.45, 7) is 1.26. The number of hydrogen-bond acceptors (Lipinski definition) is 5. The molecule has 1 unspecified atom stereocenters. The largest absolute Gasteiger partial charge is 0.466 e. The van der Waals surface area contributed by atoms with Crippen molar-refractivity contribution in [3.05, 3.63) is 0 Å². The van der Waals surface area contributed by atoms with Crippen molar-refractivity contribution in [2.75, 3.05) is 7.11 Å². The van der Waals surface area contributed by atoms with Crippen LogP contribution in [-0.2, 0) is 19.1 Å². The van der Waals surface area contributed by atoms with Crippen LogP contribution in [0.2, 0.25) is 0 Å². The van der Waals surface area contributed by atoms with Crippen LogP contribution >= 0.6 is 0 Å². The molecule has 74 valence electrons. The van der Waals surface area contributed by atoms with Crippen LogP contribution in [0.1, 0.15) is 13.3 Å². The van der Waals surface area contributed by atoms with Crippen molar-refractivity contribution < 1.29 is 23.9 Å². The second-order valence-electron chi connectivity index (χ2n) is 2.35. The minimum absolute atomic E-state index is 0.227. The summed E-state index contributed by atoms with van der Waals surface area (Å²) in [7, 11) is 1.12. The molecule has 0 aromatic rings. The van der Waals surface area contributed by atoms with Gasteiger partial charge in [0.15, 0.2) is 0 Å². The minimum Gasteiger partial charge on any atom is -0.466 e. The molecule has 0 aliphatic rings. The Morgan fingerprint density at radius 1 is 1.38 bits per heavy atom. The maximum absolute atomic E-state index is 10.9. The van der Waals surface area contributed by atoms with Crippen LogP contribution in [0.25, 0.3) is 0 Å². The van der Waals surface area contributed by atoms with Crippen molar-refractivity contribution in [3.63, 3.8) is 0 Å². The summed E-state index contributed by atoms with van der Waals surface area (Å²) >= 11 is 0. The van der Waals surface area contributed by atoms with Gasteiger partial charge in [0, 0.05) is 0 Å². The van der Waals surface area contributed by atoms with E-state index in [-0.39, 0.29) is 12.2 Å². The summed E-state index contributed by atoms with van der Waals surface area (Å²) in [5.74, 6) is -1.09. The predicted molar refractivity (Wildman–Crippen MR) is 41.8 cm³/mol. The van der Waals surface area contributed by atoms with Crippen molar-refractivity contribution in [1.29, 1.82) is 0 Å². The standard InChI is InChI=1S/C7H11NO5/c1-4(9)3-5(6(10)12-2)13-7(8)11/h5H,3H2,1-2H3,(H2,8,11). The highest BCUT2D eigenvalue weighted by Gasteiger charge is 2.24. The van der Waals surface area contributed by atoms with E-state index in [4.69, 9.17) is 0 Å². The van der Waals surface area contributed by atoms with Crippen LogP contribution in [-0.4, -0.2) is 31.1 Å². The third kappa shape index (κ3) is 4.78. The molecule has 0 rings (SSSR count). The molecule has 2 N–H and O–H groups in total. The fourth-order valence-electron chi connectivity index (χ4n) is 0.706. The highest BCUT2D eigenvalue weighted by molar-refractivity contribution is 5.85. The van der Waals surface area contributed by atoms with Gasteiger partial charge in [-0.25, -0.2) is 9.59 Å². The first kappa shape index (κ1) is 11.4. The third-order valence-electron chi connectivity index (χ3n) is 1.20. The van der Waals surface area contributed by atoms with Gasteiger partial charge in [-0.2, -0.15) is 0 Å². The Kier molecular flexibility index (Phi) is 4.50. The van der Waals surface area contributed by atoms with Gasteiger partial charge in [-0.15, -0.1) is 0 Å². The van der Waals surface area contributed by atoms with Gasteiger partial charge in [0.05, 0.1) is 13.5 Å². The number of carbonyl (C=O) groups is 3. The summed E-state index contributed by atoms with van der Waals surface area (Å²) in [5.41, 5.74) is 4.68. The van der Waals surface area contributed by atoms with Gasteiger partial charge in [-0.05, 0) is 6.92 Å². The molecule has 1 atom stereocenters. The number of esters is 1. The van der Waals surface area contributed by atoms with Crippen LogP contribution in [0.4, 0.5) is 4.79 Å². The summed E-state index contributed by atoms with van der Waals surface area (Å²) in [6, 6.07) is 0. The van der Waals surface area contributed by atoms with Crippen LogP contribution in [0.15, 0.2) is 0 Å². The molecule has 0 saturated heterocycles. The number of hydrogen-bond donors (Lipinski definition) is 1. The van der Waals surface area contributed by atoms with Crippen molar-refractivity contribution in [2.45, 2.75) is 19.4 Å². The molecule has 0 fully saturated rings. The van der Waals surface area contributed by atoms with Crippen LogP contribution < -0.4 is 5.73 Å². The molecular formula is C7H11NO5. The number of amides is 1. The minimum atomic E-state index is -1.24. The molecule has 6 heteroatoms. The van der Waals surface area contributed by atoms with E-state index in [9.17, 15) is 14.4 Å². The normalized spacial score (nSPS) is 11.5. The summed E-state index contributed by atoms with van der Waals surface area (Å²) in [4.78, 5) is 31.8. The quantitative estimate of drug-likeness (QED) is 0.607. The Balaban J connectivity index is 4.26. The molecule has 6 nitrogen and oxygen atoms in total. The van der Waals surface area contributed by atoms with Gasteiger partial charge >= 0.3 is 12.1 Å². The highest BCUT2D eigenvalue weighted by atomic mass is 16.6. The number of ether oxygens (including phenoxy) is 2. The van der Waals surface area contributed by atoms with Crippen LogP contribution in [0, 0.1) is 0 Å². The fourth-order valence-corrected chi connectivity index (χ4v) is 0.706. The average molecular weight is 189 g/mol. The van der Waals surface area contributed by atoms with Gasteiger partial charge in [0.1, 0.15) is 5.78 Å². The Morgan fingerprint density at radius 2 is 1.92 bits per heavy atom. The summed E-state index contributed by atoms with van der Waals surface area (Å²) in [6.07, 6.45) is -2.58. The van der Waals surface area contributed by atoms with E-state index in [1.807, 2.05) is 0 Å². The van der Waals surface area contributed by atoms with Crippen LogP contribution in [0.3, 0.4) is 0 Å². The number of rotatable bonds is 4. The first-order chi connectivity index (χ1) is 5.97. The van der Waals surface area contributed by atoms with E-state index in [2.05, 4.69) is 15.2 Å². The number of nitrogens with two attached hydrogens (primary N) is 1. The molecule has 0 bridgehead atoms. The number of Topliss-reactive ketones (excluding diaryl/α,β-unsaturated/α-hetero) is 1. The maximum Gasteiger partial charge on any atom is 0.405 e. The summed E-state index contributed by atoms with van der Waals surface area (Å²) < 4.78 is 8.65. The second kappa shape index (κ2) is 5.13. The van der Waals surface area contributed by atoms with E-state index in [1.54, 1.807) is 0 Å². The molecule has 0 saturated carbocycles. The molecule has 0 heterocycles. The fraction of sp³-hybridized carbons (Fsp3) is 0.571. The van der Waals surface area contributed by atoms with E-state index in [0.717, 1.165) is 7.11 Å². The monoisotopic (exact) mass is 189 g/mol. The lowest BCUT2D eigenvalue weighted by atomic mass is 10.2. The zero-order valence-corrected chi connectivity index (χ0v) is 7.40. The molecule has 13 heavy (non-hydrogen) atoms. The number of ketones is 1.